The molecule has 0 aliphatic carbocycles. The van der Waals surface area contributed by atoms with Crippen molar-refractivity contribution >= 4 is 38.6 Å². The maximum absolute atomic E-state index is 12.6. The molecule has 10 heteroatoms. The van der Waals surface area contributed by atoms with Gasteiger partial charge in [0.15, 0.2) is 0 Å². The number of hydrogen-bond acceptors (Lipinski definition) is 4. The minimum Gasteiger partial charge on any atom is -1.00 e. The maximum atomic E-state index is 12.6. The van der Waals surface area contributed by atoms with Crippen LogP contribution in [-0.4, -0.2) is 71.5 Å². The van der Waals surface area contributed by atoms with Crippen LogP contribution in [0, 0.1) is 0 Å². The van der Waals surface area contributed by atoms with E-state index in [0.29, 0.717) is 11.3 Å². The Balaban J connectivity index is 0.00000392. The number of thioether (sulfide) groups is 1. The number of amidine groups is 1. The molecule has 1 aliphatic heterocycles. The lowest BCUT2D eigenvalue weighted by Gasteiger charge is -2.28. The van der Waals surface area contributed by atoms with Gasteiger partial charge < -0.3 is 22.1 Å². The molecule has 1 aliphatic rings. The second kappa shape index (κ2) is 9.22. The van der Waals surface area contributed by atoms with Crippen molar-refractivity contribution in [3.63, 3.8) is 0 Å². The molecule has 0 saturated carbocycles. The van der Waals surface area contributed by atoms with E-state index in [4.69, 9.17) is 11.6 Å². The maximum Gasteiger partial charge on any atom is 0.311 e. The highest BCUT2D eigenvalue weighted by Crippen LogP contribution is 2.40. The molecule has 1 heterocycles. The van der Waals surface area contributed by atoms with Gasteiger partial charge in [-0.05, 0) is 51.6 Å². The zero-order valence-electron chi connectivity index (χ0n) is 17.3. The van der Waals surface area contributed by atoms with Crippen LogP contribution in [0.2, 0.25) is 5.02 Å². The average Bonchev–Trinajstić information content (AvgIpc) is 2.84. The highest BCUT2D eigenvalue weighted by molar-refractivity contribution is 8.13. The first-order valence-corrected chi connectivity index (χ1v) is 11.6. The third kappa shape index (κ3) is 4.54. The van der Waals surface area contributed by atoms with E-state index in [9.17, 15) is 13.5 Å². The summed E-state index contributed by atoms with van der Waals surface area (Å²) in [5.74, 6) is 0.401. The zero-order valence-corrected chi connectivity index (χ0v) is 21.2. The van der Waals surface area contributed by atoms with Crippen LogP contribution in [0.15, 0.2) is 23.1 Å². The normalized spacial score (nSPS) is 20.3. The fourth-order valence-corrected chi connectivity index (χ4v) is 6.23. The van der Waals surface area contributed by atoms with E-state index >= 15 is 0 Å². The number of hydrogen-bond donors (Lipinski definition) is 1. The molecule has 1 fully saturated rings. The van der Waals surface area contributed by atoms with Gasteiger partial charge in [0.05, 0.1) is 29.9 Å². The van der Waals surface area contributed by atoms with Gasteiger partial charge in [0, 0.05) is 19.7 Å². The largest absolute Gasteiger partial charge is 1.00 e. The fourth-order valence-electron chi connectivity index (χ4n) is 3.23. The second-order valence-corrected chi connectivity index (χ2v) is 10.9. The van der Waals surface area contributed by atoms with Crippen LogP contribution in [0.25, 0.3) is 0 Å². The Morgan fingerprint density at radius 1 is 1.25 bits per heavy atom. The van der Waals surface area contributed by atoms with Crippen LogP contribution >= 0.6 is 23.4 Å². The molecule has 28 heavy (non-hydrogen) atoms. The van der Waals surface area contributed by atoms with Crippen LogP contribution in [0.1, 0.15) is 33.3 Å². The Morgan fingerprint density at radius 3 is 2.25 bits per heavy atom. The molecule has 2 rings (SSSR count). The van der Waals surface area contributed by atoms with Crippen LogP contribution < -0.4 is 17.0 Å². The first-order chi connectivity index (χ1) is 12.3. The molecule has 0 bridgehead atoms. The standard InChI is InChI=1S/C18H29ClN3O3S2.BrH/c1-12(2)22(13(3)4)17-21(7)18(23,11-26-17)14-8-9-15(19)16(10-14)27(24,25)20(5)6;/h8-10,12-13,23H,11H2,1-7H3;1H/q+1;/p-1. The highest BCUT2D eigenvalue weighted by Gasteiger charge is 2.51. The predicted molar refractivity (Wildman–Crippen MR) is 112 cm³/mol. The Kier molecular flexibility index (Phi) is 8.47. The van der Waals surface area contributed by atoms with Gasteiger partial charge in [-0.15, -0.1) is 0 Å². The summed E-state index contributed by atoms with van der Waals surface area (Å²) < 4.78 is 28.5. The van der Waals surface area contributed by atoms with Crippen molar-refractivity contribution in [2.24, 2.45) is 0 Å². The van der Waals surface area contributed by atoms with Crippen molar-refractivity contribution in [3.05, 3.63) is 28.8 Å². The number of rotatable bonds is 5. The summed E-state index contributed by atoms with van der Waals surface area (Å²) in [6.45, 7) is 8.46. The first-order valence-electron chi connectivity index (χ1n) is 8.81. The van der Waals surface area contributed by atoms with Crippen molar-refractivity contribution in [1.82, 2.24) is 9.21 Å². The molecule has 1 unspecified atom stereocenters. The van der Waals surface area contributed by atoms with E-state index in [0.717, 1.165) is 9.47 Å². The third-order valence-electron chi connectivity index (χ3n) is 4.73. The van der Waals surface area contributed by atoms with E-state index in [1.165, 1.54) is 26.2 Å². The molecular formula is C18H29BrClN3O3S2. The van der Waals surface area contributed by atoms with Gasteiger partial charge in [0.1, 0.15) is 4.90 Å². The van der Waals surface area contributed by atoms with Crippen LogP contribution in [0.4, 0.5) is 0 Å². The molecule has 0 aromatic heterocycles. The first kappa shape index (κ1) is 25.7. The van der Waals surface area contributed by atoms with Crippen LogP contribution in [0.3, 0.4) is 0 Å². The van der Waals surface area contributed by atoms with Crippen molar-refractivity contribution in [2.75, 3.05) is 26.9 Å². The molecule has 0 radical (unpaired) electrons. The van der Waals surface area contributed by atoms with E-state index < -0.39 is 15.7 Å². The van der Waals surface area contributed by atoms with Gasteiger partial charge in [-0.2, -0.15) is 0 Å². The summed E-state index contributed by atoms with van der Waals surface area (Å²) in [5, 5.41) is 12.5. The van der Waals surface area contributed by atoms with Gasteiger partial charge in [0.2, 0.25) is 15.7 Å². The smallest absolute Gasteiger partial charge is 0.311 e. The van der Waals surface area contributed by atoms with Gasteiger partial charge in [-0.1, -0.05) is 17.7 Å². The number of benzene rings is 1. The Labute approximate surface area is 188 Å². The summed E-state index contributed by atoms with van der Waals surface area (Å²) in [6.07, 6.45) is 0. The molecule has 1 atom stereocenters. The summed E-state index contributed by atoms with van der Waals surface area (Å²) in [7, 11) is 1.04. The third-order valence-corrected chi connectivity index (χ3v) is 8.32. The quantitative estimate of drug-likeness (QED) is 0.542. The lowest BCUT2D eigenvalue weighted by Crippen LogP contribution is -3.00. The van der Waals surface area contributed by atoms with E-state index in [1.54, 1.807) is 17.8 Å². The minimum atomic E-state index is -3.71. The average molecular weight is 515 g/mol. The molecular weight excluding hydrogens is 486 g/mol. The SMILES string of the molecule is CC(C)[N+](=C1SCC(O)(c2ccc(Cl)c(S(=O)(=O)N(C)C)c2)N1C)C(C)C.[Br-]. The summed E-state index contributed by atoms with van der Waals surface area (Å²) >= 11 is 7.72. The Bertz CT molecular complexity index is 850. The molecule has 6 nitrogen and oxygen atoms in total. The molecule has 1 N–H and O–H groups in total. The number of halogens is 2. The minimum absolute atomic E-state index is 0. The molecule has 0 spiro atoms. The van der Waals surface area contributed by atoms with Crippen molar-refractivity contribution in [3.8, 4) is 0 Å². The van der Waals surface area contributed by atoms with Gasteiger partial charge in [0.25, 0.3) is 0 Å². The van der Waals surface area contributed by atoms with Gasteiger partial charge in [-0.25, -0.2) is 17.6 Å². The number of nitrogens with zero attached hydrogens (tertiary/aromatic N) is 3. The van der Waals surface area contributed by atoms with Crippen LogP contribution in [-0.2, 0) is 15.7 Å². The molecule has 1 aromatic carbocycles. The summed E-state index contributed by atoms with van der Waals surface area (Å²) in [5.41, 5.74) is -0.812. The van der Waals surface area contributed by atoms with Crippen LogP contribution in [0.5, 0.6) is 0 Å². The van der Waals surface area contributed by atoms with Crippen molar-refractivity contribution in [1.29, 1.82) is 0 Å². The Morgan fingerprint density at radius 2 is 1.79 bits per heavy atom. The second-order valence-electron chi connectivity index (χ2n) is 7.47. The van der Waals surface area contributed by atoms with Crippen molar-refractivity contribution < 1.29 is 35.1 Å². The van der Waals surface area contributed by atoms with Crippen molar-refractivity contribution in [2.45, 2.75) is 50.4 Å². The predicted octanol–water partition coefficient (Wildman–Crippen LogP) is -0.397. The summed E-state index contributed by atoms with van der Waals surface area (Å²) in [4.78, 5) is 1.82. The van der Waals surface area contributed by atoms with Gasteiger partial charge >= 0.3 is 5.17 Å². The molecule has 1 aromatic rings. The van der Waals surface area contributed by atoms with E-state index in [-0.39, 0.29) is 39.0 Å². The zero-order chi connectivity index (χ0) is 20.7. The molecule has 0 amide bonds. The highest BCUT2D eigenvalue weighted by atomic mass is 79.9. The monoisotopic (exact) mass is 513 g/mol. The lowest BCUT2D eigenvalue weighted by atomic mass is 10.0. The number of aliphatic hydroxyl groups is 1. The molecule has 1 saturated heterocycles. The van der Waals surface area contributed by atoms with E-state index in [2.05, 4.69) is 32.3 Å². The fraction of sp³-hybridized carbons (Fsp3) is 0.611. The summed E-state index contributed by atoms with van der Waals surface area (Å²) in [6, 6.07) is 5.24. The van der Waals surface area contributed by atoms with E-state index in [1.807, 2.05) is 11.9 Å². The lowest BCUT2D eigenvalue weighted by molar-refractivity contribution is -0.589. The molecule has 160 valence electrons. The number of sulfonamides is 1. The Hall–Kier alpha value is -0.320. The van der Waals surface area contributed by atoms with Gasteiger partial charge in [-0.3, -0.25) is 4.58 Å². The topological polar surface area (TPSA) is 63.9 Å².